The fourth-order valence-corrected chi connectivity index (χ4v) is 5.59. The fourth-order valence-electron chi connectivity index (χ4n) is 5.59. The number of amides is 3. The summed E-state index contributed by atoms with van der Waals surface area (Å²) in [5.74, 6) is 0.412. The van der Waals surface area contributed by atoms with Crippen LogP contribution in [0.15, 0.2) is 30.4 Å². The van der Waals surface area contributed by atoms with Crippen LogP contribution in [-0.2, 0) is 14.4 Å². The zero-order valence-corrected chi connectivity index (χ0v) is 18.0. The molecule has 164 valence electrons. The van der Waals surface area contributed by atoms with Gasteiger partial charge in [-0.3, -0.25) is 19.3 Å². The lowest BCUT2D eigenvalue weighted by Crippen LogP contribution is -2.50. The minimum Gasteiger partial charge on any atom is -0.486 e. The molecule has 1 aromatic carbocycles. The van der Waals surface area contributed by atoms with Crippen LogP contribution in [0.4, 0.5) is 0 Å². The van der Waals surface area contributed by atoms with E-state index in [0.29, 0.717) is 24.7 Å². The van der Waals surface area contributed by atoms with Crippen molar-refractivity contribution < 1.29 is 23.9 Å². The van der Waals surface area contributed by atoms with Gasteiger partial charge in [-0.1, -0.05) is 32.1 Å². The lowest BCUT2D eigenvalue weighted by molar-refractivity contribution is -0.148. The molecule has 1 saturated carbocycles. The fraction of sp³-hybridized carbons (Fsp3) is 0.542. The Kier molecular flexibility index (Phi) is 4.79. The Morgan fingerprint density at radius 2 is 1.61 bits per heavy atom. The Balaban J connectivity index is 1.33. The van der Waals surface area contributed by atoms with Crippen molar-refractivity contribution in [3.05, 3.63) is 35.9 Å². The average molecular weight is 424 g/mol. The molecule has 31 heavy (non-hydrogen) atoms. The molecule has 2 aliphatic carbocycles. The van der Waals surface area contributed by atoms with Gasteiger partial charge < -0.3 is 14.8 Å². The molecule has 7 heteroatoms. The Morgan fingerprint density at radius 1 is 1.00 bits per heavy atom. The molecular weight excluding hydrogens is 396 g/mol. The number of fused-ring (bicyclic) bond motifs is 6. The van der Waals surface area contributed by atoms with Crippen molar-refractivity contribution in [3.63, 3.8) is 0 Å². The van der Waals surface area contributed by atoms with Crippen molar-refractivity contribution in [2.45, 2.75) is 39.3 Å². The summed E-state index contributed by atoms with van der Waals surface area (Å²) in [6, 6.07) is 4.54. The van der Waals surface area contributed by atoms with Gasteiger partial charge in [0.15, 0.2) is 11.5 Å². The summed E-state index contributed by atoms with van der Waals surface area (Å²) in [7, 11) is 0. The van der Waals surface area contributed by atoms with E-state index in [-0.39, 0.29) is 53.4 Å². The van der Waals surface area contributed by atoms with Gasteiger partial charge >= 0.3 is 0 Å². The minimum atomic E-state index is -0.844. The third-order valence-electron chi connectivity index (χ3n) is 7.16. The topological polar surface area (TPSA) is 84.9 Å². The van der Waals surface area contributed by atoms with E-state index in [9.17, 15) is 14.4 Å². The number of nitrogens with one attached hydrogen (secondary N) is 1. The lowest BCUT2D eigenvalue weighted by atomic mass is 9.85. The third-order valence-corrected chi connectivity index (χ3v) is 7.16. The maximum Gasteiger partial charge on any atom is 0.243 e. The van der Waals surface area contributed by atoms with E-state index in [0.717, 1.165) is 12.0 Å². The van der Waals surface area contributed by atoms with E-state index in [4.69, 9.17) is 9.47 Å². The average Bonchev–Trinajstić information content (AvgIpc) is 3.44. The first-order valence-corrected chi connectivity index (χ1v) is 11.1. The summed E-state index contributed by atoms with van der Waals surface area (Å²) in [4.78, 5) is 40.5. The van der Waals surface area contributed by atoms with E-state index >= 15 is 0 Å². The number of nitrogens with zero attached hydrogens (tertiary/aromatic N) is 1. The molecule has 7 nitrogen and oxygen atoms in total. The highest BCUT2D eigenvalue weighted by molar-refractivity contribution is 6.09. The summed E-state index contributed by atoms with van der Waals surface area (Å²) < 4.78 is 11.3. The molecule has 0 unspecified atom stereocenters. The van der Waals surface area contributed by atoms with Gasteiger partial charge in [-0.2, -0.15) is 0 Å². The second kappa shape index (κ2) is 7.39. The van der Waals surface area contributed by atoms with E-state index in [1.165, 1.54) is 4.90 Å². The lowest BCUT2D eigenvalue weighted by Gasteiger charge is -2.29. The van der Waals surface area contributed by atoms with Gasteiger partial charge in [0.25, 0.3) is 0 Å². The summed E-state index contributed by atoms with van der Waals surface area (Å²) in [5, 5.41) is 3.06. The predicted molar refractivity (Wildman–Crippen MR) is 112 cm³/mol. The van der Waals surface area contributed by atoms with Crippen LogP contribution in [0.2, 0.25) is 0 Å². The van der Waals surface area contributed by atoms with Gasteiger partial charge in [-0.15, -0.1) is 0 Å². The Bertz CT molecular complexity index is 941. The van der Waals surface area contributed by atoms with E-state index in [1.54, 1.807) is 6.92 Å². The molecule has 2 bridgehead atoms. The number of allylic oxidation sites excluding steroid dienone is 2. The number of imide groups is 1. The summed E-state index contributed by atoms with van der Waals surface area (Å²) in [5.41, 5.74) is 0.901. The highest BCUT2D eigenvalue weighted by Crippen LogP contribution is 2.52. The van der Waals surface area contributed by atoms with Crippen molar-refractivity contribution in [2.75, 3.05) is 13.2 Å². The smallest absolute Gasteiger partial charge is 0.243 e. The van der Waals surface area contributed by atoms with Gasteiger partial charge in [-0.05, 0) is 48.8 Å². The van der Waals surface area contributed by atoms with Crippen LogP contribution in [0.3, 0.4) is 0 Å². The van der Waals surface area contributed by atoms with Crippen LogP contribution in [0.25, 0.3) is 0 Å². The van der Waals surface area contributed by atoms with Crippen LogP contribution >= 0.6 is 0 Å². The maximum atomic E-state index is 13.2. The van der Waals surface area contributed by atoms with Crippen molar-refractivity contribution in [1.29, 1.82) is 0 Å². The first kappa shape index (κ1) is 20.1. The van der Waals surface area contributed by atoms with Crippen LogP contribution in [0.1, 0.15) is 38.8 Å². The van der Waals surface area contributed by atoms with Crippen LogP contribution in [-0.4, -0.2) is 41.9 Å². The summed E-state index contributed by atoms with van der Waals surface area (Å²) in [6.45, 7) is 6.69. The quantitative estimate of drug-likeness (QED) is 0.580. The molecule has 2 heterocycles. The summed E-state index contributed by atoms with van der Waals surface area (Å²) in [6.07, 6.45) is 4.99. The Hall–Kier alpha value is -2.83. The number of hydrogen-bond donors (Lipinski definition) is 1. The number of ether oxygens (including phenoxy) is 2. The monoisotopic (exact) mass is 424 g/mol. The standard InChI is InChI=1S/C24H28N2O5/c1-12(2)21(16-6-7-17-18(11-16)31-9-8-30-17)25-22(27)13(3)26-23(28)19-14-4-5-15(10-14)20(19)24(26)29/h4-7,11-15,19-21H,8-10H2,1-3H3,(H,25,27)/t13-,14-,15-,19-,20+,21-/m0/s1. The first-order chi connectivity index (χ1) is 14.9. The van der Waals surface area contributed by atoms with Crippen LogP contribution in [0, 0.1) is 29.6 Å². The van der Waals surface area contributed by atoms with E-state index < -0.39 is 6.04 Å². The number of carbonyl (C=O) groups is 3. The largest absolute Gasteiger partial charge is 0.486 e. The van der Waals surface area contributed by atoms with Crippen LogP contribution < -0.4 is 14.8 Å². The zero-order valence-electron chi connectivity index (χ0n) is 18.0. The predicted octanol–water partition coefficient (Wildman–Crippen LogP) is 2.47. The SMILES string of the molecule is CC(C)[C@H](NC(=O)[C@H](C)N1C(=O)[C@@H]2[C@H](C1=O)[C@H]1C=C[C@H]2C1)c1ccc2c(c1)OCCO2. The van der Waals surface area contributed by atoms with Gasteiger partial charge in [0.1, 0.15) is 19.3 Å². The normalized spacial score (nSPS) is 30.0. The highest BCUT2D eigenvalue weighted by atomic mass is 16.6. The molecule has 1 N–H and O–H groups in total. The molecule has 3 amide bonds. The molecule has 0 spiro atoms. The molecular formula is C24H28N2O5. The molecule has 1 aromatic rings. The van der Waals surface area contributed by atoms with Crippen molar-refractivity contribution in [3.8, 4) is 11.5 Å². The second-order valence-corrected chi connectivity index (χ2v) is 9.36. The number of hydrogen-bond acceptors (Lipinski definition) is 5. The van der Waals surface area contributed by atoms with Crippen LogP contribution in [0.5, 0.6) is 11.5 Å². The maximum absolute atomic E-state index is 13.2. The molecule has 0 radical (unpaired) electrons. The van der Waals surface area contributed by atoms with Gasteiger partial charge in [0, 0.05) is 0 Å². The van der Waals surface area contributed by atoms with Gasteiger partial charge in [0.05, 0.1) is 17.9 Å². The minimum absolute atomic E-state index is 0.100. The van der Waals surface area contributed by atoms with Crippen molar-refractivity contribution in [1.82, 2.24) is 10.2 Å². The number of likely N-dealkylation sites (tertiary alicyclic amines) is 1. The molecule has 2 aliphatic heterocycles. The highest BCUT2D eigenvalue weighted by Gasteiger charge is 2.60. The first-order valence-electron chi connectivity index (χ1n) is 11.1. The van der Waals surface area contributed by atoms with E-state index in [2.05, 4.69) is 17.5 Å². The van der Waals surface area contributed by atoms with E-state index in [1.807, 2.05) is 32.0 Å². The molecule has 0 aromatic heterocycles. The molecule has 5 rings (SSSR count). The number of benzene rings is 1. The molecule has 2 fully saturated rings. The van der Waals surface area contributed by atoms with Crippen molar-refractivity contribution >= 4 is 17.7 Å². The van der Waals surface area contributed by atoms with Gasteiger partial charge in [-0.25, -0.2) is 0 Å². The zero-order chi connectivity index (χ0) is 21.9. The summed E-state index contributed by atoms with van der Waals surface area (Å²) >= 11 is 0. The number of carbonyl (C=O) groups excluding carboxylic acids is 3. The second-order valence-electron chi connectivity index (χ2n) is 9.36. The molecule has 4 aliphatic rings. The van der Waals surface area contributed by atoms with Gasteiger partial charge in [0.2, 0.25) is 17.7 Å². The Labute approximate surface area is 181 Å². The van der Waals surface area contributed by atoms with Crippen molar-refractivity contribution in [2.24, 2.45) is 29.6 Å². The molecule has 1 saturated heterocycles. The third kappa shape index (κ3) is 3.13. The Morgan fingerprint density at radius 3 is 2.23 bits per heavy atom. The molecule has 6 atom stereocenters. The number of rotatable bonds is 5.